The van der Waals surface area contributed by atoms with Gasteiger partial charge in [0.05, 0.1) is 15.5 Å². The first-order valence-corrected chi connectivity index (χ1v) is 7.84. The molecule has 1 aromatic carbocycles. The number of likely N-dealkylation sites (tertiary alicyclic amines) is 1. The maximum Gasteiger partial charge on any atom is 0.471 e. The van der Waals surface area contributed by atoms with Gasteiger partial charge < -0.3 is 10.0 Å². The molecular weight excluding hydrogens is 370 g/mol. The number of carboxylic acids is 1. The molecule has 0 unspecified atom stereocenters. The molecule has 0 bridgehead atoms. The minimum Gasteiger partial charge on any atom is -0.481 e. The maximum atomic E-state index is 12.5. The number of amides is 1. The van der Waals surface area contributed by atoms with Crippen LogP contribution in [-0.2, 0) is 16.0 Å². The fourth-order valence-electron chi connectivity index (χ4n) is 2.82. The van der Waals surface area contributed by atoms with Crippen molar-refractivity contribution in [3.63, 3.8) is 0 Å². The zero-order chi connectivity index (χ0) is 18.1. The second-order valence-corrected chi connectivity index (χ2v) is 6.62. The number of piperidine rings is 1. The predicted molar refractivity (Wildman–Crippen MR) is 82.1 cm³/mol. The molecule has 1 aromatic rings. The lowest BCUT2D eigenvalue weighted by Crippen LogP contribution is -2.50. The highest BCUT2D eigenvalue weighted by molar-refractivity contribution is 6.42. The molecule has 0 radical (unpaired) electrons. The standard InChI is InChI=1S/C15H14Cl2F3NO3/c16-10-2-1-9(7-11(10)17)8-14(13(23)24)3-5-21(6-4-14)12(22)15(18,19)20/h1-2,7H,3-6,8H2,(H,23,24). The molecule has 2 rings (SSSR count). The topological polar surface area (TPSA) is 57.6 Å². The van der Waals surface area contributed by atoms with Crippen molar-refractivity contribution < 1.29 is 27.9 Å². The second-order valence-electron chi connectivity index (χ2n) is 5.80. The molecule has 24 heavy (non-hydrogen) atoms. The van der Waals surface area contributed by atoms with Crippen LogP contribution in [-0.4, -0.2) is 41.1 Å². The summed E-state index contributed by atoms with van der Waals surface area (Å²) in [5, 5.41) is 10.2. The Hall–Kier alpha value is -1.47. The Kier molecular flexibility index (Phi) is 5.34. The fraction of sp³-hybridized carbons (Fsp3) is 0.467. The molecule has 132 valence electrons. The Labute approximate surface area is 146 Å². The molecule has 0 saturated carbocycles. The van der Waals surface area contributed by atoms with Crippen LogP contribution in [0.15, 0.2) is 18.2 Å². The lowest BCUT2D eigenvalue weighted by molar-refractivity contribution is -0.188. The number of hydrogen-bond donors (Lipinski definition) is 1. The summed E-state index contributed by atoms with van der Waals surface area (Å²) < 4.78 is 37.4. The van der Waals surface area contributed by atoms with Gasteiger partial charge in [0.2, 0.25) is 0 Å². The average molecular weight is 384 g/mol. The van der Waals surface area contributed by atoms with Gasteiger partial charge in [-0.2, -0.15) is 13.2 Å². The first-order valence-electron chi connectivity index (χ1n) is 7.09. The number of alkyl halides is 3. The molecule has 9 heteroatoms. The molecule has 0 aliphatic carbocycles. The molecule has 0 aromatic heterocycles. The third-order valence-electron chi connectivity index (χ3n) is 4.23. The summed E-state index contributed by atoms with van der Waals surface area (Å²) in [5.41, 5.74) is -0.609. The zero-order valence-electron chi connectivity index (χ0n) is 12.4. The maximum absolute atomic E-state index is 12.5. The van der Waals surface area contributed by atoms with Crippen LogP contribution >= 0.6 is 23.2 Å². The van der Waals surface area contributed by atoms with Gasteiger partial charge in [-0.05, 0) is 37.0 Å². The van der Waals surface area contributed by atoms with Crippen molar-refractivity contribution in [2.24, 2.45) is 5.41 Å². The number of carbonyl (C=O) groups is 2. The van der Waals surface area contributed by atoms with Crippen LogP contribution < -0.4 is 0 Å². The minimum atomic E-state index is -4.95. The summed E-state index contributed by atoms with van der Waals surface area (Å²) in [6, 6.07) is 4.71. The van der Waals surface area contributed by atoms with E-state index in [1.807, 2.05) is 0 Å². The van der Waals surface area contributed by atoms with Crippen molar-refractivity contribution in [3.05, 3.63) is 33.8 Å². The van der Waals surface area contributed by atoms with Crippen LogP contribution in [0.5, 0.6) is 0 Å². The molecule has 1 saturated heterocycles. The number of halogens is 5. The van der Waals surface area contributed by atoms with E-state index in [2.05, 4.69) is 0 Å². The lowest BCUT2D eigenvalue weighted by atomic mass is 9.74. The van der Waals surface area contributed by atoms with E-state index in [0.717, 1.165) is 0 Å². The van der Waals surface area contributed by atoms with Crippen molar-refractivity contribution >= 4 is 35.1 Å². The van der Waals surface area contributed by atoms with Crippen LogP contribution in [0.4, 0.5) is 13.2 Å². The molecule has 1 aliphatic heterocycles. The summed E-state index contributed by atoms with van der Waals surface area (Å²) in [7, 11) is 0. The van der Waals surface area contributed by atoms with Crippen molar-refractivity contribution in [2.45, 2.75) is 25.4 Å². The lowest BCUT2D eigenvalue weighted by Gasteiger charge is -2.39. The first-order chi connectivity index (χ1) is 11.0. The van der Waals surface area contributed by atoms with Gasteiger partial charge in [-0.25, -0.2) is 0 Å². The van der Waals surface area contributed by atoms with Gasteiger partial charge in [-0.1, -0.05) is 29.3 Å². The quantitative estimate of drug-likeness (QED) is 0.863. The first kappa shape index (κ1) is 18.9. The number of aliphatic carboxylic acids is 1. The molecule has 1 aliphatic rings. The summed E-state index contributed by atoms with van der Waals surface area (Å²) in [6.07, 6.45) is -4.98. The Morgan fingerprint density at radius 3 is 2.21 bits per heavy atom. The van der Waals surface area contributed by atoms with Gasteiger partial charge in [0.25, 0.3) is 0 Å². The molecule has 0 atom stereocenters. The van der Waals surface area contributed by atoms with E-state index < -0.39 is 23.5 Å². The largest absolute Gasteiger partial charge is 0.481 e. The number of carbonyl (C=O) groups excluding carboxylic acids is 1. The zero-order valence-corrected chi connectivity index (χ0v) is 13.9. The van der Waals surface area contributed by atoms with Crippen molar-refractivity contribution in [3.8, 4) is 0 Å². The third-order valence-corrected chi connectivity index (χ3v) is 4.97. The summed E-state index contributed by atoms with van der Waals surface area (Å²) in [6.45, 7) is -0.516. The highest BCUT2D eigenvalue weighted by Gasteiger charge is 2.48. The number of benzene rings is 1. The van der Waals surface area contributed by atoms with Gasteiger partial charge in [0.15, 0.2) is 0 Å². The van der Waals surface area contributed by atoms with E-state index in [4.69, 9.17) is 23.2 Å². The van der Waals surface area contributed by atoms with Crippen molar-refractivity contribution in [2.75, 3.05) is 13.1 Å². The molecule has 4 nitrogen and oxygen atoms in total. The summed E-state index contributed by atoms with van der Waals surface area (Å²) in [5.74, 6) is -3.04. The van der Waals surface area contributed by atoms with Gasteiger partial charge in [0.1, 0.15) is 0 Å². The SMILES string of the molecule is O=C(N1CCC(Cc2ccc(Cl)c(Cl)c2)(C(=O)O)CC1)C(F)(F)F. The number of hydrogen-bond acceptors (Lipinski definition) is 2. The van der Waals surface area contributed by atoms with E-state index in [-0.39, 0.29) is 37.4 Å². The molecule has 1 heterocycles. The van der Waals surface area contributed by atoms with Crippen LogP contribution in [0.2, 0.25) is 10.0 Å². The second kappa shape index (κ2) is 6.80. The molecule has 1 amide bonds. The van der Waals surface area contributed by atoms with Gasteiger partial charge >= 0.3 is 18.1 Å². The highest BCUT2D eigenvalue weighted by atomic mass is 35.5. The van der Waals surface area contributed by atoms with E-state index in [9.17, 15) is 27.9 Å². The third kappa shape index (κ3) is 3.95. The molecule has 1 N–H and O–H groups in total. The van der Waals surface area contributed by atoms with Crippen LogP contribution in [0.25, 0.3) is 0 Å². The van der Waals surface area contributed by atoms with E-state index in [0.29, 0.717) is 15.5 Å². The average Bonchev–Trinajstić information content (AvgIpc) is 2.50. The Morgan fingerprint density at radius 2 is 1.75 bits per heavy atom. The van der Waals surface area contributed by atoms with Crippen molar-refractivity contribution in [1.82, 2.24) is 4.90 Å². The number of carboxylic acid groups (broad SMARTS) is 1. The molecule has 1 fully saturated rings. The Balaban J connectivity index is 2.15. The molecular formula is C15H14Cl2F3NO3. The minimum absolute atomic E-state index is 0.0651. The van der Waals surface area contributed by atoms with Crippen molar-refractivity contribution in [1.29, 1.82) is 0 Å². The monoisotopic (exact) mass is 383 g/mol. The normalized spacial score (nSPS) is 17.6. The van der Waals surface area contributed by atoms with Gasteiger partial charge in [0, 0.05) is 13.1 Å². The van der Waals surface area contributed by atoms with Crippen LogP contribution in [0, 0.1) is 5.41 Å². The molecule has 0 spiro atoms. The fourth-order valence-corrected chi connectivity index (χ4v) is 3.14. The van der Waals surface area contributed by atoms with Crippen LogP contribution in [0.1, 0.15) is 18.4 Å². The van der Waals surface area contributed by atoms with E-state index >= 15 is 0 Å². The number of rotatable bonds is 3. The van der Waals surface area contributed by atoms with Gasteiger partial charge in [-0.3, -0.25) is 9.59 Å². The Bertz CT molecular complexity index is 656. The van der Waals surface area contributed by atoms with E-state index in [1.165, 1.54) is 6.07 Å². The highest BCUT2D eigenvalue weighted by Crippen LogP contribution is 2.37. The Morgan fingerprint density at radius 1 is 1.17 bits per heavy atom. The number of nitrogens with zero attached hydrogens (tertiary/aromatic N) is 1. The van der Waals surface area contributed by atoms with E-state index in [1.54, 1.807) is 12.1 Å². The summed E-state index contributed by atoms with van der Waals surface area (Å²) >= 11 is 11.7. The van der Waals surface area contributed by atoms with Crippen LogP contribution in [0.3, 0.4) is 0 Å². The summed E-state index contributed by atoms with van der Waals surface area (Å²) in [4.78, 5) is 23.6. The smallest absolute Gasteiger partial charge is 0.471 e. The predicted octanol–water partition coefficient (Wildman–Crippen LogP) is 3.79. The van der Waals surface area contributed by atoms with Gasteiger partial charge in [-0.15, -0.1) is 0 Å².